The molecule has 15 aromatic rings. The Kier molecular flexibility index (Phi) is 38.7. The van der Waals surface area contributed by atoms with Gasteiger partial charge in [-0.3, -0.25) is 45.3 Å². The number of nitro benzene ring substituents is 4. The minimum Gasteiger partial charge on any atom is -0.508 e. The van der Waals surface area contributed by atoms with Crippen molar-refractivity contribution in [3.63, 3.8) is 0 Å². The number of carboxylic acids is 1. The number of nitro groups is 4. The number of ether oxygens (including phenoxy) is 4. The number of carbonyl (C=O) groups excluding carboxylic acids is 2. The normalized spacial score (nSPS) is 10.3. The van der Waals surface area contributed by atoms with Gasteiger partial charge < -0.3 is 56.4 Å². The van der Waals surface area contributed by atoms with Gasteiger partial charge in [-0.25, -0.2) is 38.1 Å². The minimum atomic E-state index is -0.946. The highest BCUT2D eigenvalue weighted by atomic mass is 79.9. The molecule has 0 spiro atoms. The van der Waals surface area contributed by atoms with Crippen LogP contribution in [0.5, 0.6) is 28.7 Å². The fourth-order valence-corrected chi connectivity index (χ4v) is 13.9. The second-order valence-corrected chi connectivity index (χ2v) is 38.1. The highest BCUT2D eigenvalue weighted by Gasteiger charge is 2.18. The largest absolute Gasteiger partial charge is 0.508 e. The van der Waals surface area contributed by atoms with Gasteiger partial charge >= 0.3 is 15.1 Å². The molecule has 0 aliphatic rings. The maximum absolute atomic E-state index is 11.0. The maximum atomic E-state index is 11.0. The van der Waals surface area contributed by atoms with Crippen molar-refractivity contribution < 1.29 is 68.3 Å². The average Bonchev–Trinajstić information content (AvgIpc) is 1.65. The van der Waals surface area contributed by atoms with E-state index in [1.165, 1.54) is 136 Å². The summed E-state index contributed by atoms with van der Waals surface area (Å²) in [5, 5.41) is 98.4. The number of aromatic carboxylic acids is 1. The van der Waals surface area contributed by atoms with Crippen molar-refractivity contribution in [2.75, 3.05) is 55.4 Å². The van der Waals surface area contributed by atoms with Crippen LogP contribution in [-0.4, -0.2) is 143 Å². The lowest BCUT2D eigenvalue weighted by Gasteiger charge is -2.08. The number of unbranched alkanes of at least 4 members (excludes halogenated alkanes) is 3. The SMILES string of the molecule is BrB(Br)Br.C=CC(=O)OCCCCCCOc1ccc(C(=O)O)cc1.COc1ccc(C)c(N)c1.COc1ccc(C)c(Nc2nn3cc(-c4ccc([N+](=O)[O-])cc4)nc3s2)c1.Nc1nnc(Br)s1.O=C(CCl)c1ccc([N+](=O)[O-])cc1.O=[N+]([O-])c1ccc(-c2cn3nc(Br)sc3n2)cc1.O=[N+]([O-])c1ccc(-c2cn3nc(Nc4cc(O)ccc4O)sc3n2)cc1. The van der Waals surface area contributed by atoms with Crippen molar-refractivity contribution in [3.05, 3.63) is 278 Å². The molecule has 0 bridgehead atoms. The van der Waals surface area contributed by atoms with Crippen LogP contribution in [0.4, 0.5) is 55.2 Å². The number of carboxylic acid groups (broad SMARTS) is 1. The van der Waals surface area contributed by atoms with E-state index in [0.29, 0.717) is 62.0 Å². The fourth-order valence-electron chi connectivity index (χ4n) is 10.1. The lowest BCUT2D eigenvalue weighted by atomic mass is 10.1. The summed E-state index contributed by atoms with van der Waals surface area (Å²) >= 11 is 26.4. The number of ketones is 1. The zero-order valence-electron chi connectivity index (χ0n) is 66.0. The van der Waals surface area contributed by atoms with Crippen LogP contribution in [0, 0.1) is 54.3 Å². The lowest BCUT2D eigenvalue weighted by Crippen LogP contribution is -2.02. The second kappa shape index (κ2) is 49.3. The molecule has 8 aromatic carbocycles. The van der Waals surface area contributed by atoms with Gasteiger partial charge in [-0.1, -0.05) is 64.1 Å². The van der Waals surface area contributed by atoms with E-state index in [0.717, 1.165) is 106 Å². The number of nitrogens with zero attached hydrogens (tertiary/aromatic N) is 15. The van der Waals surface area contributed by atoms with Gasteiger partial charge in [-0.2, -0.15) is 0 Å². The number of rotatable bonds is 25. The average molecular weight is 2140 g/mol. The Hall–Kier alpha value is -12.5. The number of imidazole rings is 3. The van der Waals surface area contributed by atoms with Crippen LogP contribution in [0.2, 0.25) is 0 Å². The zero-order valence-corrected chi connectivity index (χ0v) is 78.0. The fraction of sp³-hybridized carbons (Fsp3) is 0.141. The van der Waals surface area contributed by atoms with Crippen LogP contribution in [0.15, 0.2) is 215 Å². The molecular formula is C78H70BBr5ClN19O18S4. The van der Waals surface area contributed by atoms with Crippen LogP contribution < -0.4 is 36.3 Å². The van der Waals surface area contributed by atoms with Crippen molar-refractivity contribution >= 4 is 227 Å². The molecule has 0 amide bonds. The van der Waals surface area contributed by atoms with Crippen LogP contribution in [0.25, 0.3) is 48.7 Å². The number of hydrogen-bond donors (Lipinski definition) is 7. The molecule has 15 rings (SSSR count). The number of halogens is 6. The van der Waals surface area contributed by atoms with Gasteiger partial charge in [0, 0.05) is 106 Å². The third-order valence-electron chi connectivity index (χ3n) is 16.4. The number of nitrogens with one attached hydrogen (secondary N) is 2. The van der Waals surface area contributed by atoms with Crippen molar-refractivity contribution in [1.29, 1.82) is 0 Å². The van der Waals surface area contributed by atoms with E-state index < -0.39 is 25.7 Å². The number of hydrogen-bond acceptors (Lipinski definition) is 33. The first-order valence-electron chi connectivity index (χ1n) is 36.1. The molecule has 126 heavy (non-hydrogen) atoms. The van der Waals surface area contributed by atoms with Crippen LogP contribution in [0.1, 0.15) is 57.5 Å². The number of alkyl halides is 1. The van der Waals surface area contributed by atoms with Crippen molar-refractivity contribution in [1.82, 2.24) is 54.0 Å². The van der Waals surface area contributed by atoms with Gasteiger partial charge in [0.05, 0.1) is 99.9 Å². The van der Waals surface area contributed by atoms with Crippen LogP contribution in [-0.2, 0) is 9.53 Å². The Balaban J connectivity index is 0.000000187. The predicted molar refractivity (Wildman–Crippen MR) is 504 cm³/mol. The number of aromatic hydroxyl groups is 2. The van der Waals surface area contributed by atoms with Gasteiger partial charge in [0.25, 0.3) is 22.7 Å². The first-order valence-corrected chi connectivity index (χ1v) is 44.2. The molecule has 37 nitrogen and oxygen atoms in total. The monoisotopic (exact) mass is 2130 g/mol. The second-order valence-electron chi connectivity index (χ2n) is 25.0. The summed E-state index contributed by atoms with van der Waals surface area (Å²) in [7, 11) is 3.26. The number of nitrogen functional groups attached to an aromatic ring is 2. The number of carbonyl (C=O) groups is 3. The number of anilines is 6. The highest BCUT2D eigenvalue weighted by Crippen LogP contribution is 2.35. The Bertz CT molecular complexity index is 6100. The zero-order chi connectivity index (χ0) is 91.7. The molecule has 0 saturated carbocycles. The van der Waals surface area contributed by atoms with Crippen molar-refractivity contribution in [2.45, 2.75) is 39.5 Å². The molecule has 0 fully saturated rings. The summed E-state index contributed by atoms with van der Waals surface area (Å²) in [6.07, 6.45) is 10.1. The summed E-state index contributed by atoms with van der Waals surface area (Å²) in [6, 6.07) is 46.0. The number of methoxy groups -OCH3 is 2. The lowest BCUT2D eigenvalue weighted by molar-refractivity contribution is -0.385. The first kappa shape index (κ1) is 99.0. The molecular weight excluding hydrogens is 2070 g/mol. The smallest absolute Gasteiger partial charge is 0.369 e. The third kappa shape index (κ3) is 31.3. The molecule has 9 N–H and O–H groups in total. The Morgan fingerprint density at radius 2 is 0.952 bits per heavy atom. The van der Waals surface area contributed by atoms with Crippen LogP contribution in [0.3, 0.4) is 0 Å². The number of non-ortho nitro benzene ring substituents is 4. The van der Waals surface area contributed by atoms with E-state index in [9.17, 15) is 65.1 Å². The summed E-state index contributed by atoms with van der Waals surface area (Å²) in [5.74, 6) is 0.568. The number of aryl methyl sites for hydroxylation is 2. The van der Waals surface area contributed by atoms with Gasteiger partial charge in [0.1, 0.15) is 28.7 Å². The maximum Gasteiger partial charge on any atom is 0.369 e. The van der Waals surface area contributed by atoms with Crippen molar-refractivity contribution in [3.8, 4) is 62.5 Å². The molecule has 48 heteroatoms. The number of phenolic OH excluding ortho intramolecular Hbond substituents is 2. The quantitative estimate of drug-likeness (QED) is 0.00239. The third-order valence-corrected chi connectivity index (χ3v) is 20.8. The van der Waals surface area contributed by atoms with Crippen molar-refractivity contribution in [2.24, 2.45) is 0 Å². The van der Waals surface area contributed by atoms with Gasteiger partial charge in [-0.15, -0.1) is 84.4 Å². The summed E-state index contributed by atoms with van der Waals surface area (Å²) in [6.45, 7) is 8.30. The number of phenols is 2. The molecule has 654 valence electrons. The van der Waals surface area contributed by atoms with Gasteiger partial charge in [0.15, 0.2) is 13.6 Å². The molecule has 7 aromatic heterocycles. The van der Waals surface area contributed by atoms with E-state index >= 15 is 0 Å². The number of esters is 1. The van der Waals surface area contributed by atoms with E-state index in [1.54, 1.807) is 94.9 Å². The van der Waals surface area contributed by atoms with Crippen LogP contribution >= 0.6 is 136 Å². The summed E-state index contributed by atoms with van der Waals surface area (Å²) in [4.78, 5) is 88.4. The summed E-state index contributed by atoms with van der Waals surface area (Å²) in [5.41, 5.74) is 20.2. The Labute approximate surface area is 778 Å². The molecule has 0 atom stereocenters. The number of nitrogens with two attached hydrogens (primary N) is 2. The van der Waals surface area contributed by atoms with Gasteiger partial charge in [0.2, 0.25) is 30.3 Å². The Morgan fingerprint density at radius 3 is 1.35 bits per heavy atom. The predicted octanol–water partition coefficient (Wildman–Crippen LogP) is 20.8. The Morgan fingerprint density at radius 1 is 0.532 bits per heavy atom. The highest BCUT2D eigenvalue weighted by molar-refractivity contribution is 9.69. The molecule has 0 radical (unpaired) electrons. The minimum absolute atomic E-state index is 0.0118. The molecule has 0 aliphatic heterocycles. The number of Topliss-reactive ketones (excluding diaryl/α,β-unsaturated/α-hetero) is 1. The van der Waals surface area contributed by atoms with E-state index in [-0.39, 0.29) is 60.6 Å². The standard InChI is InChI=1S/C18H15N5O3S.C16H11N5O4S.C16H20O5.C10H5BrN4O2S.C8H6ClNO3.C8H11NO.C2H2BrN3S.BBr3/c1-11-3-8-14(26-2)9-15(11)19-17-21-22-10-16(20-18(22)27-17)12-4-6-13(7-5-12)23(24)25;22-11-5-6-14(23)12(7-11)17-15-19-20-8-13(18-16(20)26-15)9-1-3-10(4-2-9)21(24)25;1-2-15(17)21-12-6-4-3-5-11-20-14-9-7-13(8-10-14)16(18)19;11-9-13-14-5-8(12-10(14)18-9)6-1-3-7(4-2-6)15(16)17;9-5-8(11)6-1-3-7(4-2-6)10(12)13;1-6-3-4-7(10-2)5-8(6)9;3-1-5-6-2(4)7-1;2-1(3)4/h3-10H,1-2H3,(H,19,21);1-8,22-23H,(H,17,19);2,7-10H,1,3-6,11-12H2,(H,18,19);1-5H;1-4H,5H2;3-5H,9H2,1-2H3;(H2,4,6);. The topological polar surface area (TPSA) is 514 Å². The first-order chi connectivity index (χ1) is 60.2. The van der Waals surface area contributed by atoms with E-state index in [4.69, 9.17) is 47.1 Å². The van der Waals surface area contributed by atoms with E-state index in [2.05, 4.69) is 137 Å². The molecule has 7 heterocycles. The number of aromatic nitrogens is 11. The molecule has 0 saturated heterocycles. The van der Waals surface area contributed by atoms with E-state index in [1.807, 2.05) is 50.2 Å². The number of fused-ring (bicyclic) bond motifs is 3. The summed E-state index contributed by atoms with van der Waals surface area (Å²) < 4.78 is 27.3. The van der Waals surface area contributed by atoms with Gasteiger partial charge in [-0.05, 0) is 180 Å². The molecule has 0 unspecified atom stereocenters. The molecule has 0 aliphatic carbocycles. The number of benzene rings is 8.